The molecule has 11 heteroatoms. The molecule has 2 N–H and O–H groups in total. The van der Waals surface area contributed by atoms with Crippen LogP contribution < -0.4 is 0 Å². The fourth-order valence-corrected chi connectivity index (χ4v) is 1.99. The fourth-order valence-electron chi connectivity index (χ4n) is 1.42. The maximum atomic E-state index is 13.5. The summed E-state index contributed by atoms with van der Waals surface area (Å²) in [7, 11) is 0. The standard InChI is InChI=1S/C10H4Cl2FNO7/c11-5-2(8(15)4(9(16)17)10(18)19)1-3(13)6(12)7(5)14(20)21/h1,4H,(H,16,17)(H,18,19). The molecule has 0 saturated heterocycles. The van der Waals surface area contributed by atoms with Crippen molar-refractivity contribution in [1.82, 2.24) is 0 Å². The second-order valence-electron chi connectivity index (χ2n) is 3.61. The summed E-state index contributed by atoms with van der Waals surface area (Å²) in [5, 5.41) is 26.2. The van der Waals surface area contributed by atoms with Gasteiger partial charge in [0.2, 0.25) is 5.92 Å². The zero-order chi connectivity index (χ0) is 16.5. The molecule has 21 heavy (non-hydrogen) atoms. The van der Waals surface area contributed by atoms with Crippen LogP contribution in [-0.4, -0.2) is 32.9 Å². The van der Waals surface area contributed by atoms with Gasteiger partial charge in [-0.15, -0.1) is 0 Å². The Balaban J connectivity index is 3.58. The molecule has 0 amide bonds. The molecule has 0 heterocycles. The molecule has 0 atom stereocenters. The van der Waals surface area contributed by atoms with E-state index in [0.717, 1.165) is 0 Å². The summed E-state index contributed by atoms with van der Waals surface area (Å²) in [6.45, 7) is 0. The number of benzene rings is 1. The highest BCUT2D eigenvalue weighted by molar-refractivity contribution is 6.41. The second-order valence-corrected chi connectivity index (χ2v) is 4.37. The summed E-state index contributed by atoms with van der Waals surface area (Å²) in [5.74, 6) is -9.66. The van der Waals surface area contributed by atoms with Gasteiger partial charge < -0.3 is 10.2 Å². The molecule has 112 valence electrons. The SMILES string of the molecule is O=C(O)C(C(=O)O)C(=O)c1cc(F)c(Cl)c([N+](=O)[O-])c1Cl. The quantitative estimate of drug-likeness (QED) is 0.275. The molecular weight excluding hydrogens is 336 g/mol. The van der Waals surface area contributed by atoms with Gasteiger partial charge in [-0.2, -0.15) is 0 Å². The van der Waals surface area contributed by atoms with E-state index in [0.29, 0.717) is 6.07 Å². The lowest BCUT2D eigenvalue weighted by atomic mass is 9.97. The minimum absolute atomic E-state index is 0.346. The number of carbonyl (C=O) groups excluding carboxylic acids is 1. The van der Waals surface area contributed by atoms with E-state index < -0.39 is 55.7 Å². The minimum atomic E-state index is -2.58. The van der Waals surface area contributed by atoms with E-state index in [2.05, 4.69) is 0 Å². The third-order valence-electron chi connectivity index (χ3n) is 2.34. The van der Waals surface area contributed by atoms with Crippen LogP contribution in [0.1, 0.15) is 10.4 Å². The number of halogens is 3. The molecule has 0 unspecified atom stereocenters. The van der Waals surface area contributed by atoms with E-state index in [1.807, 2.05) is 0 Å². The van der Waals surface area contributed by atoms with Gasteiger partial charge in [-0.25, -0.2) is 4.39 Å². The topological polar surface area (TPSA) is 135 Å². The van der Waals surface area contributed by atoms with Crippen LogP contribution >= 0.6 is 23.2 Å². The first kappa shape index (κ1) is 16.8. The Kier molecular flexibility index (Phi) is 4.81. The summed E-state index contributed by atoms with van der Waals surface area (Å²) in [6.07, 6.45) is 0. The fraction of sp³-hybridized carbons (Fsp3) is 0.100. The Hall–Kier alpha value is -2.26. The first-order valence-corrected chi connectivity index (χ1v) is 5.66. The molecule has 0 bridgehead atoms. The molecular formula is C10H4Cl2FNO7. The van der Waals surface area contributed by atoms with Crippen molar-refractivity contribution < 1.29 is 33.9 Å². The van der Waals surface area contributed by atoms with Crippen molar-refractivity contribution in [1.29, 1.82) is 0 Å². The van der Waals surface area contributed by atoms with Crippen LogP contribution in [0.15, 0.2) is 6.07 Å². The molecule has 0 fully saturated rings. The van der Waals surface area contributed by atoms with E-state index in [4.69, 9.17) is 33.4 Å². The Bertz CT molecular complexity index is 662. The molecule has 0 spiro atoms. The average molecular weight is 340 g/mol. The highest BCUT2D eigenvalue weighted by Crippen LogP contribution is 2.38. The molecule has 0 radical (unpaired) electrons. The largest absolute Gasteiger partial charge is 0.480 e. The molecule has 0 aliphatic carbocycles. The molecule has 0 aliphatic heterocycles. The van der Waals surface area contributed by atoms with E-state index in [-0.39, 0.29) is 0 Å². The van der Waals surface area contributed by atoms with E-state index in [1.54, 1.807) is 0 Å². The zero-order valence-electron chi connectivity index (χ0n) is 9.67. The number of nitrogens with zero attached hydrogens (tertiary/aromatic N) is 1. The molecule has 1 aromatic carbocycles. The normalized spacial score (nSPS) is 10.5. The zero-order valence-corrected chi connectivity index (χ0v) is 11.2. The number of Topliss-reactive ketones (excluding diaryl/α,β-unsaturated/α-hetero) is 1. The predicted octanol–water partition coefficient (Wildman–Crippen LogP) is 2.01. The van der Waals surface area contributed by atoms with Gasteiger partial charge in [-0.05, 0) is 6.07 Å². The lowest BCUT2D eigenvalue weighted by Gasteiger charge is -2.09. The molecule has 0 aromatic heterocycles. The van der Waals surface area contributed by atoms with Crippen LogP contribution in [0.25, 0.3) is 0 Å². The Morgan fingerprint density at radius 1 is 1.19 bits per heavy atom. The van der Waals surface area contributed by atoms with Gasteiger partial charge in [0.1, 0.15) is 10.8 Å². The molecule has 0 saturated carbocycles. The Labute approximate surface area is 124 Å². The van der Waals surface area contributed by atoms with Crippen LogP contribution in [0.3, 0.4) is 0 Å². The van der Waals surface area contributed by atoms with Gasteiger partial charge in [-0.3, -0.25) is 24.5 Å². The van der Waals surface area contributed by atoms with Gasteiger partial charge in [-0.1, -0.05) is 23.2 Å². The van der Waals surface area contributed by atoms with E-state index in [1.165, 1.54) is 0 Å². The second kappa shape index (κ2) is 6.02. The van der Waals surface area contributed by atoms with Gasteiger partial charge in [0.05, 0.1) is 4.92 Å². The van der Waals surface area contributed by atoms with Crippen molar-refractivity contribution in [2.45, 2.75) is 0 Å². The summed E-state index contributed by atoms with van der Waals surface area (Å²) in [5.41, 5.74) is -2.11. The smallest absolute Gasteiger partial charge is 0.325 e. The van der Waals surface area contributed by atoms with Gasteiger partial charge in [0, 0.05) is 5.56 Å². The maximum absolute atomic E-state index is 13.5. The summed E-state index contributed by atoms with van der Waals surface area (Å²) < 4.78 is 13.5. The van der Waals surface area contributed by atoms with Crippen molar-refractivity contribution in [3.05, 3.63) is 37.6 Å². The molecule has 0 aliphatic rings. The number of carboxylic acids is 2. The van der Waals surface area contributed by atoms with Crippen LogP contribution in [-0.2, 0) is 9.59 Å². The first-order chi connectivity index (χ1) is 9.59. The number of rotatable bonds is 5. The van der Waals surface area contributed by atoms with Crippen LogP contribution in [0.4, 0.5) is 10.1 Å². The average Bonchev–Trinajstić information content (AvgIpc) is 2.32. The highest BCUT2D eigenvalue weighted by Gasteiger charge is 2.38. The third kappa shape index (κ3) is 3.09. The van der Waals surface area contributed by atoms with Gasteiger partial charge in [0.25, 0.3) is 0 Å². The van der Waals surface area contributed by atoms with Crippen molar-refractivity contribution >= 4 is 46.6 Å². The summed E-state index contributed by atoms with van der Waals surface area (Å²) >= 11 is 10.9. The molecule has 1 rings (SSSR count). The van der Waals surface area contributed by atoms with Gasteiger partial charge in [0.15, 0.2) is 10.8 Å². The number of nitro benzene ring substituents is 1. The number of hydrogen-bond acceptors (Lipinski definition) is 5. The van der Waals surface area contributed by atoms with Crippen LogP contribution in [0.5, 0.6) is 0 Å². The third-order valence-corrected chi connectivity index (χ3v) is 3.08. The van der Waals surface area contributed by atoms with E-state index >= 15 is 0 Å². The number of carboxylic acid groups (broad SMARTS) is 2. The van der Waals surface area contributed by atoms with Crippen molar-refractivity contribution in [3.63, 3.8) is 0 Å². The molecule has 8 nitrogen and oxygen atoms in total. The maximum Gasteiger partial charge on any atom is 0.325 e. The van der Waals surface area contributed by atoms with Crippen molar-refractivity contribution in [2.24, 2.45) is 5.92 Å². The lowest BCUT2D eigenvalue weighted by Crippen LogP contribution is -2.32. The highest BCUT2D eigenvalue weighted by atomic mass is 35.5. The lowest BCUT2D eigenvalue weighted by molar-refractivity contribution is -0.384. The number of hydrogen-bond donors (Lipinski definition) is 2. The summed E-state index contributed by atoms with van der Waals surface area (Å²) in [6, 6.07) is 0.346. The predicted molar refractivity (Wildman–Crippen MR) is 66.2 cm³/mol. The Morgan fingerprint density at radius 2 is 1.67 bits per heavy atom. The van der Waals surface area contributed by atoms with Crippen molar-refractivity contribution in [2.75, 3.05) is 0 Å². The number of ketones is 1. The number of carbonyl (C=O) groups is 3. The van der Waals surface area contributed by atoms with Crippen molar-refractivity contribution in [3.8, 4) is 0 Å². The monoisotopic (exact) mass is 339 g/mol. The number of aliphatic carboxylic acids is 2. The first-order valence-electron chi connectivity index (χ1n) is 4.91. The summed E-state index contributed by atoms with van der Waals surface area (Å²) in [4.78, 5) is 42.8. The Morgan fingerprint density at radius 3 is 2.05 bits per heavy atom. The minimum Gasteiger partial charge on any atom is -0.480 e. The van der Waals surface area contributed by atoms with Crippen LogP contribution in [0.2, 0.25) is 10.0 Å². The van der Waals surface area contributed by atoms with Gasteiger partial charge >= 0.3 is 17.6 Å². The van der Waals surface area contributed by atoms with E-state index in [9.17, 15) is 28.9 Å². The number of nitro groups is 1. The van der Waals surface area contributed by atoms with Crippen LogP contribution in [0, 0.1) is 21.8 Å². The molecule has 1 aromatic rings.